The first kappa shape index (κ1) is 18.3. The highest BCUT2D eigenvalue weighted by Crippen LogP contribution is 2.18. The molecule has 0 unspecified atom stereocenters. The quantitative estimate of drug-likeness (QED) is 0.544. The molecule has 4 rings (SSSR count). The number of amides is 1. The molecule has 3 aromatic heterocycles. The van der Waals surface area contributed by atoms with Gasteiger partial charge in [-0.05, 0) is 68.4 Å². The summed E-state index contributed by atoms with van der Waals surface area (Å²) in [5.74, 6) is 1.07. The lowest BCUT2D eigenvalue weighted by atomic mass is 10.2. The van der Waals surface area contributed by atoms with Gasteiger partial charge in [-0.15, -0.1) is 10.2 Å². The van der Waals surface area contributed by atoms with Gasteiger partial charge in [0, 0.05) is 29.5 Å². The van der Waals surface area contributed by atoms with E-state index in [-0.39, 0.29) is 5.91 Å². The Bertz CT molecular complexity index is 1120. The molecule has 2 N–H and O–H groups in total. The van der Waals surface area contributed by atoms with Crippen molar-refractivity contribution in [2.75, 3.05) is 10.6 Å². The van der Waals surface area contributed by atoms with Gasteiger partial charge >= 0.3 is 0 Å². The Morgan fingerprint density at radius 1 is 0.966 bits per heavy atom. The third-order valence-corrected chi connectivity index (χ3v) is 4.22. The summed E-state index contributed by atoms with van der Waals surface area (Å²) >= 11 is 0. The van der Waals surface area contributed by atoms with Crippen molar-refractivity contribution in [3.05, 3.63) is 83.9 Å². The Morgan fingerprint density at radius 3 is 2.38 bits per heavy atom. The van der Waals surface area contributed by atoms with Gasteiger partial charge in [0.1, 0.15) is 0 Å². The Labute approximate surface area is 167 Å². The van der Waals surface area contributed by atoms with Crippen LogP contribution >= 0.6 is 0 Å². The summed E-state index contributed by atoms with van der Waals surface area (Å²) < 4.78 is 1.76. The van der Waals surface area contributed by atoms with Crippen LogP contribution in [-0.4, -0.2) is 30.9 Å². The summed E-state index contributed by atoms with van der Waals surface area (Å²) in [6, 6.07) is 16.5. The van der Waals surface area contributed by atoms with Crippen molar-refractivity contribution in [1.82, 2.24) is 25.0 Å². The smallest absolute Gasteiger partial charge is 0.257 e. The standard InChI is InChI=1S/C21H19N7O/c1-14-12-15(2)28(27-14)20-10-9-19(25-26-20)23-17-5-7-18(8-6-17)24-21(29)16-4-3-11-22-13-16/h3-13H,1-2H3,(H,23,25)(H,24,29). The first-order valence-corrected chi connectivity index (χ1v) is 9.04. The highest BCUT2D eigenvalue weighted by atomic mass is 16.1. The summed E-state index contributed by atoms with van der Waals surface area (Å²) in [5.41, 5.74) is 3.96. The van der Waals surface area contributed by atoms with Crippen LogP contribution in [0.15, 0.2) is 67.0 Å². The summed E-state index contributed by atoms with van der Waals surface area (Å²) in [4.78, 5) is 16.1. The SMILES string of the molecule is Cc1cc(C)n(-c2ccc(Nc3ccc(NC(=O)c4cccnc4)cc3)nn2)n1. The number of rotatable bonds is 5. The van der Waals surface area contributed by atoms with Crippen molar-refractivity contribution in [1.29, 1.82) is 0 Å². The number of carbonyl (C=O) groups excluding carboxylic acids is 1. The van der Waals surface area contributed by atoms with Gasteiger partial charge in [-0.3, -0.25) is 9.78 Å². The van der Waals surface area contributed by atoms with E-state index >= 15 is 0 Å². The molecule has 4 aromatic rings. The molecule has 0 saturated carbocycles. The molecule has 0 spiro atoms. The molecule has 0 bridgehead atoms. The molecule has 0 fully saturated rings. The fourth-order valence-electron chi connectivity index (χ4n) is 2.85. The van der Waals surface area contributed by atoms with E-state index in [9.17, 15) is 4.79 Å². The van der Waals surface area contributed by atoms with Crippen molar-refractivity contribution in [2.45, 2.75) is 13.8 Å². The summed E-state index contributed by atoms with van der Waals surface area (Å²) in [6.45, 7) is 3.91. The van der Waals surface area contributed by atoms with Crippen LogP contribution in [0.4, 0.5) is 17.2 Å². The molecule has 0 aliphatic rings. The number of nitrogens with zero attached hydrogens (tertiary/aromatic N) is 5. The number of pyridine rings is 1. The molecule has 144 valence electrons. The average molecular weight is 385 g/mol. The van der Waals surface area contributed by atoms with E-state index in [1.165, 1.54) is 6.20 Å². The van der Waals surface area contributed by atoms with Crippen molar-refractivity contribution >= 4 is 23.1 Å². The van der Waals surface area contributed by atoms with Crippen LogP contribution in [0.3, 0.4) is 0 Å². The van der Waals surface area contributed by atoms with Crippen LogP contribution in [0.25, 0.3) is 5.82 Å². The fourth-order valence-corrected chi connectivity index (χ4v) is 2.85. The van der Waals surface area contributed by atoms with Crippen LogP contribution in [0.5, 0.6) is 0 Å². The molecule has 0 saturated heterocycles. The summed E-state index contributed by atoms with van der Waals surface area (Å²) in [7, 11) is 0. The van der Waals surface area contributed by atoms with Crippen molar-refractivity contribution in [3.63, 3.8) is 0 Å². The summed E-state index contributed by atoms with van der Waals surface area (Å²) in [5, 5.41) is 18.9. The molecule has 0 atom stereocenters. The number of carbonyl (C=O) groups is 1. The number of nitrogens with one attached hydrogen (secondary N) is 2. The van der Waals surface area contributed by atoms with Crippen molar-refractivity contribution < 1.29 is 4.79 Å². The predicted octanol–water partition coefficient (Wildman–Crippen LogP) is 3.67. The normalized spacial score (nSPS) is 10.6. The predicted molar refractivity (Wildman–Crippen MR) is 111 cm³/mol. The maximum absolute atomic E-state index is 12.2. The lowest BCUT2D eigenvalue weighted by molar-refractivity contribution is 0.102. The topological polar surface area (TPSA) is 97.6 Å². The molecule has 8 heteroatoms. The molecular formula is C21H19N7O. The molecule has 8 nitrogen and oxygen atoms in total. The number of hydrogen-bond acceptors (Lipinski definition) is 6. The van der Waals surface area contributed by atoms with E-state index in [1.807, 2.05) is 56.3 Å². The molecule has 1 amide bonds. The Hall–Kier alpha value is -4.07. The van der Waals surface area contributed by atoms with E-state index in [1.54, 1.807) is 23.0 Å². The first-order chi connectivity index (χ1) is 14.1. The van der Waals surface area contributed by atoms with Gasteiger partial charge in [-0.2, -0.15) is 5.10 Å². The Morgan fingerprint density at radius 2 is 1.76 bits per heavy atom. The Balaban J connectivity index is 1.41. The highest BCUT2D eigenvalue weighted by molar-refractivity contribution is 6.04. The molecule has 0 radical (unpaired) electrons. The number of aromatic nitrogens is 5. The van der Waals surface area contributed by atoms with Gasteiger partial charge in [0.05, 0.1) is 11.3 Å². The molecule has 29 heavy (non-hydrogen) atoms. The maximum atomic E-state index is 12.2. The third-order valence-electron chi connectivity index (χ3n) is 4.22. The van der Waals surface area contributed by atoms with Gasteiger partial charge in [0.25, 0.3) is 5.91 Å². The minimum Gasteiger partial charge on any atom is -0.339 e. The number of anilines is 3. The largest absolute Gasteiger partial charge is 0.339 e. The fraction of sp³-hybridized carbons (Fsp3) is 0.0952. The van der Waals surface area contributed by atoms with Crippen LogP contribution in [0.2, 0.25) is 0 Å². The van der Waals surface area contributed by atoms with Crippen molar-refractivity contribution in [2.24, 2.45) is 0 Å². The zero-order chi connectivity index (χ0) is 20.2. The van der Waals surface area contributed by atoms with Gasteiger partial charge in [-0.1, -0.05) is 0 Å². The van der Waals surface area contributed by atoms with Gasteiger partial charge in [0.15, 0.2) is 11.6 Å². The van der Waals surface area contributed by atoms with Gasteiger partial charge in [-0.25, -0.2) is 4.68 Å². The minimum absolute atomic E-state index is 0.204. The second-order valence-corrected chi connectivity index (χ2v) is 6.51. The first-order valence-electron chi connectivity index (χ1n) is 9.04. The van der Waals surface area contributed by atoms with E-state index in [0.29, 0.717) is 22.9 Å². The molecule has 3 heterocycles. The second kappa shape index (κ2) is 7.89. The molecular weight excluding hydrogens is 366 g/mol. The van der Waals surface area contributed by atoms with E-state index < -0.39 is 0 Å². The average Bonchev–Trinajstić information content (AvgIpc) is 3.08. The number of aryl methyl sites for hydroxylation is 2. The van der Waals surface area contributed by atoms with Crippen LogP contribution in [-0.2, 0) is 0 Å². The van der Waals surface area contributed by atoms with Crippen LogP contribution in [0, 0.1) is 13.8 Å². The second-order valence-electron chi connectivity index (χ2n) is 6.51. The zero-order valence-corrected chi connectivity index (χ0v) is 16.0. The van der Waals surface area contributed by atoms with E-state index in [4.69, 9.17) is 0 Å². The number of hydrogen-bond donors (Lipinski definition) is 2. The minimum atomic E-state index is -0.204. The van der Waals surface area contributed by atoms with Crippen LogP contribution < -0.4 is 10.6 Å². The molecule has 1 aromatic carbocycles. The van der Waals surface area contributed by atoms with Crippen LogP contribution in [0.1, 0.15) is 21.7 Å². The lowest BCUT2D eigenvalue weighted by Gasteiger charge is -2.08. The number of benzene rings is 1. The lowest BCUT2D eigenvalue weighted by Crippen LogP contribution is -2.11. The van der Waals surface area contributed by atoms with Gasteiger partial charge < -0.3 is 10.6 Å². The van der Waals surface area contributed by atoms with Crippen molar-refractivity contribution in [3.8, 4) is 5.82 Å². The monoisotopic (exact) mass is 385 g/mol. The molecule has 0 aliphatic carbocycles. The summed E-state index contributed by atoms with van der Waals surface area (Å²) in [6.07, 6.45) is 3.16. The Kier molecular flexibility index (Phi) is 4.98. The van der Waals surface area contributed by atoms with E-state index in [0.717, 1.165) is 17.1 Å². The highest BCUT2D eigenvalue weighted by Gasteiger charge is 2.07. The maximum Gasteiger partial charge on any atom is 0.257 e. The molecule has 0 aliphatic heterocycles. The third kappa shape index (κ3) is 4.27. The zero-order valence-electron chi connectivity index (χ0n) is 16.0. The van der Waals surface area contributed by atoms with E-state index in [2.05, 4.69) is 30.9 Å². The van der Waals surface area contributed by atoms with Gasteiger partial charge in [0.2, 0.25) is 0 Å².